The zero-order valence-corrected chi connectivity index (χ0v) is 16.3. The molecule has 0 radical (unpaired) electrons. The number of rotatable bonds is 5. The minimum absolute atomic E-state index is 0.120. The summed E-state index contributed by atoms with van der Waals surface area (Å²) < 4.78 is 10.8. The Morgan fingerprint density at radius 1 is 1.07 bits per heavy atom. The highest BCUT2D eigenvalue weighted by Gasteiger charge is 2.34. The lowest BCUT2D eigenvalue weighted by Gasteiger charge is -2.38. The van der Waals surface area contributed by atoms with Crippen LogP contribution in [0.5, 0.6) is 5.75 Å². The largest absolute Gasteiger partial charge is 0.497 e. The molecular formula is C22H28N2O3. The Hall–Kier alpha value is -2.53. The van der Waals surface area contributed by atoms with Gasteiger partial charge in [-0.05, 0) is 67.6 Å². The third-order valence-electron chi connectivity index (χ3n) is 5.50. The van der Waals surface area contributed by atoms with Crippen molar-refractivity contribution >= 4 is 11.7 Å². The van der Waals surface area contributed by atoms with Crippen LogP contribution < -0.4 is 15.4 Å². The first-order valence-corrected chi connectivity index (χ1v) is 9.37. The summed E-state index contributed by atoms with van der Waals surface area (Å²) in [4.78, 5) is 12.5. The SMILES string of the molecule is COc1ccc(C2(CNC(=O)Nc3ccc(C)c(C)c3)CCOCC2)cc1. The van der Waals surface area contributed by atoms with E-state index in [0.717, 1.165) is 29.8 Å². The van der Waals surface area contributed by atoms with Gasteiger partial charge < -0.3 is 20.1 Å². The first-order chi connectivity index (χ1) is 13.0. The summed E-state index contributed by atoms with van der Waals surface area (Å²) in [5.74, 6) is 0.835. The van der Waals surface area contributed by atoms with Crippen molar-refractivity contribution in [2.24, 2.45) is 0 Å². The van der Waals surface area contributed by atoms with E-state index in [2.05, 4.69) is 29.7 Å². The molecule has 0 bridgehead atoms. The van der Waals surface area contributed by atoms with E-state index in [4.69, 9.17) is 9.47 Å². The average Bonchev–Trinajstić information content (AvgIpc) is 2.70. The monoisotopic (exact) mass is 368 g/mol. The van der Waals surface area contributed by atoms with Crippen LogP contribution >= 0.6 is 0 Å². The van der Waals surface area contributed by atoms with Crippen molar-refractivity contribution in [3.05, 3.63) is 59.2 Å². The number of ether oxygens (including phenoxy) is 2. The van der Waals surface area contributed by atoms with E-state index in [-0.39, 0.29) is 11.4 Å². The topological polar surface area (TPSA) is 59.6 Å². The van der Waals surface area contributed by atoms with Crippen LogP contribution in [0.1, 0.15) is 29.5 Å². The van der Waals surface area contributed by atoms with Gasteiger partial charge in [-0.3, -0.25) is 0 Å². The second-order valence-corrected chi connectivity index (χ2v) is 7.23. The van der Waals surface area contributed by atoms with E-state index in [0.29, 0.717) is 19.8 Å². The maximum Gasteiger partial charge on any atom is 0.319 e. The highest BCUT2D eigenvalue weighted by Crippen LogP contribution is 2.35. The standard InChI is InChI=1S/C22H28N2O3/c1-16-4-7-19(14-17(16)2)24-21(25)23-15-22(10-12-27-13-11-22)18-5-8-20(26-3)9-6-18/h4-9,14H,10-13,15H2,1-3H3,(H2,23,24,25). The molecule has 2 amide bonds. The number of amides is 2. The van der Waals surface area contributed by atoms with E-state index in [9.17, 15) is 4.79 Å². The smallest absolute Gasteiger partial charge is 0.319 e. The fourth-order valence-electron chi connectivity index (χ4n) is 3.52. The molecule has 3 rings (SSSR count). The van der Waals surface area contributed by atoms with Crippen molar-refractivity contribution in [3.8, 4) is 5.75 Å². The van der Waals surface area contributed by atoms with Gasteiger partial charge in [0.25, 0.3) is 0 Å². The van der Waals surface area contributed by atoms with Gasteiger partial charge in [0.05, 0.1) is 7.11 Å². The molecule has 2 N–H and O–H groups in total. The number of urea groups is 1. The van der Waals surface area contributed by atoms with E-state index >= 15 is 0 Å². The fraction of sp³-hybridized carbons (Fsp3) is 0.409. The molecule has 1 fully saturated rings. The lowest BCUT2D eigenvalue weighted by molar-refractivity contribution is 0.0508. The zero-order valence-electron chi connectivity index (χ0n) is 16.3. The Kier molecular flexibility index (Phi) is 6.01. The van der Waals surface area contributed by atoms with Crippen molar-refractivity contribution < 1.29 is 14.3 Å². The summed E-state index contributed by atoms with van der Waals surface area (Å²) in [6, 6.07) is 13.9. The van der Waals surface area contributed by atoms with Crippen LogP contribution in [0.25, 0.3) is 0 Å². The molecule has 1 heterocycles. The molecule has 0 atom stereocenters. The lowest BCUT2D eigenvalue weighted by atomic mass is 9.74. The molecule has 0 saturated carbocycles. The van der Waals surface area contributed by atoms with E-state index in [1.807, 2.05) is 37.3 Å². The Labute approximate surface area is 161 Å². The van der Waals surface area contributed by atoms with Crippen LogP contribution in [0, 0.1) is 13.8 Å². The summed E-state index contributed by atoms with van der Waals surface area (Å²) in [6.07, 6.45) is 1.76. The van der Waals surface area contributed by atoms with E-state index < -0.39 is 0 Å². The summed E-state index contributed by atoms with van der Waals surface area (Å²) in [5, 5.41) is 6.00. The number of nitrogens with one attached hydrogen (secondary N) is 2. The maximum atomic E-state index is 12.5. The summed E-state index contributed by atoms with van der Waals surface area (Å²) >= 11 is 0. The zero-order chi connectivity index (χ0) is 19.3. The second-order valence-electron chi connectivity index (χ2n) is 7.23. The van der Waals surface area contributed by atoms with Crippen molar-refractivity contribution in [1.29, 1.82) is 0 Å². The van der Waals surface area contributed by atoms with Gasteiger partial charge in [0.2, 0.25) is 0 Å². The number of methoxy groups -OCH3 is 1. The predicted molar refractivity (Wildman–Crippen MR) is 108 cm³/mol. The highest BCUT2D eigenvalue weighted by atomic mass is 16.5. The van der Waals surface area contributed by atoms with E-state index in [1.54, 1.807) is 7.11 Å². The van der Waals surface area contributed by atoms with Crippen molar-refractivity contribution in [2.45, 2.75) is 32.1 Å². The molecule has 1 aliphatic heterocycles. The molecule has 144 valence electrons. The van der Waals surface area contributed by atoms with Gasteiger partial charge >= 0.3 is 6.03 Å². The Morgan fingerprint density at radius 2 is 1.78 bits per heavy atom. The predicted octanol–water partition coefficient (Wildman–Crippen LogP) is 4.18. The quantitative estimate of drug-likeness (QED) is 0.832. The normalized spacial score (nSPS) is 15.8. The third-order valence-corrected chi connectivity index (χ3v) is 5.50. The van der Waals surface area contributed by atoms with Crippen LogP contribution in [0.2, 0.25) is 0 Å². The third kappa shape index (κ3) is 4.61. The minimum atomic E-state index is -0.183. The number of aryl methyl sites for hydroxylation is 2. The van der Waals surface area contributed by atoms with Gasteiger partial charge in [0, 0.05) is 30.9 Å². The van der Waals surface area contributed by atoms with Gasteiger partial charge in [-0.15, -0.1) is 0 Å². The first kappa shape index (κ1) is 19.2. The average molecular weight is 368 g/mol. The Balaban J connectivity index is 1.68. The second kappa shape index (κ2) is 8.44. The number of carbonyl (C=O) groups is 1. The van der Waals surface area contributed by atoms with Gasteiger partial charge in [-0.1, -0.05) is 18.2 Å². The molecule has 1 saturated heterocycles. The maximum absolute atomic E-state index is 12.5. The Bertz CT molecular complexity index is 781. The number of benzene rings is 2. The molecule has 27 heavy (non-hydrogen) atoms. The molecule has 0 aliphatic carbocycles. The van der Waals surface area contributed by atoms with Crippen LogP contribution in [0.4, 0.5) is 10.5 Å². The van der Waals surface area contributed by atoms with Crippen molar-refractivity contribution in [2.75, 3.05) is 32.2 Å². The highest BCUT2D eigenvalue weighted by molar-refractivity contribution is 5.89. The van der Waals surface area contributed by atoms with Gasteiger partial charge in [-0.25, -0.2) is 4.79 Å². The summed E-state index contributed by atoms with van der Waals surface area (Å²) in [7, 11) is 1.66. The molecule has 5 nitrogen and oxygen atoms in total. The van der Waals surface area contributed by atoms with Crippen molar-refractivity contribution in [3.63, 3.8) is 0 Å². The summed E-state index contributed by atoms with van der Waals surface area (Å²) in [5.41, 5.74) is 4.26. The van der Waals surface area contributed by atoms with Crippen LogP contribution in [0.15, 0.2) is 42.5 Å². The lowest BCUT2D eigenvalue weighted by Crippen LogP contribution is -2.45. The first-order valence-electron chi connectivity index (χ1n) is 9.37. The number of hydrogen-bond donors (Lipinski definition) is 2. The molecule has 1 aliphatic rings. The molecule has 0 unspecified atom stereocenters. The molecule has 2 aromatic rings. The molecule has 2 aromatic carbocycles. The number of hydrogen-bond acceptors (Lipinski definition) is 3. The molecular weight excluding hydrogens is 340 g/mol. The van der Waals surface area contributed by atoms with Crippen molar-refractivity contribution in [1.82, 2.24) is 5.32 Å². The Morgan fingerprint density at radius 3 is 2.41 bits per heavy atom. The van der Waals surface area contributed by atoms with Gasteiger partial charge in [-0.2, -0.15) is 0 Å². The number of anilines is 1. The van der Waals surface area contributed by atoms with Gasteiger partial charge in [0.1, 0.15) is 5.75 Å². The summed E-state index contributed by atoms with van der Waals surface area (Å²) in [6.45, 7) is 6.07. The van der Waals surface area contributed by atoms with E-state index in [1.165, 1.54) is 11.1 Å². The minimum Gasteiger partial charge on any atom is -0.497 e. The van der Waals surface area contributed by atoms with Crippen LogP contribution in [-0.2, 0) is 10.2 Å². The van der Waals surface area contributed by atoms with Crippen LogP contribution in [-0.4, -0.2) is 32.9 Å². The van der Waals surface area contributed by atoms with Gasteiger partial charge in [0.15, 0.2) is 0 Å². The molecule has 0 aromatic heterocycles. The van der Waals surface area contributed by atoms with Crippen LogP contribution in [0.3, 0.4) is 0 Å². The molecule has 5 heteroatoms. The molecule has 0 spiro atoms. The number of carbonyl (C=O) groups excluding carboxylic acids is 1. The fourth-order valence-corrected chi connectivity index (χ4v) is 3.52.